The van der Waals surface area contributed by atoms with Gasteiger partial charge in [-0.05, 0) is 56.6 Å². The van der Waals surface area contributed by atoms with E-state index in [1.54, 1.807) is 7.11 Å². The van der Waals surface area contributed by atoms with Gasteiger partial charge in [0.15, 0.2) is 0 Å². The molecule has 0 aromatic heterocycles. The molecule has 0 amide bonds. The monoisotopic (exact) mass is 264 g/mol. The Morgan fingerprint density at radius 1 is 1.16 bits per heavy atom. The molecule has 1 aromatic rings. The predicted octanol–water partition coefficient (Wildman–Crippen LogP) is 2.40. The van der Waals surface area contributed by atoms with Gasteiger partial charge in [-0.25, -0.2) is 0 Å². The van der Waals surface area contributed by atoms with Crippen LogP contribution >= 0.6 is 0 Å². The summed E-state index contributed by atoms with van der Waals surface area (Å²) in [6.45, 7) is 10.8. The van der Waals surface area contributed by atoms with Crippen LogP contribution in [-0.4, -0.2) is 45.2 Å². The fraction of sp³-hybridized carbons (Fsp3) is 0.625. The Labute approximate surface area is 118 Å². The molecule has 19 heavy (non-hydrogen) atoms. The number of nitrogens with zero attached hydrogens (tertiary/aromatic N) is 1. The second-order valence-electron chi connectivity index (χ2n) is 5.08. The van der Waals surface area contributed by atoms with Crippen LogP contribution in [0.15, 0.2) is 12.1 Å². The largest absolute Gasteiger partial charge is 0.496 e. The number of rotatable bonds is 8. The third-order valence-electron chi connectivity index (χ3n) is 3.75. The van der Waals surface area contributed by atoms with E-state index in [0.717, 1.165) is 38.3 Å². The van der Waals surface area contributed by atoms with Gasteiger partial charge in [0.25, 0.3) is 0 Å². The molecule has 0 unspecified atom stereocenters. The Bertz CT molecular complexity index is 391. The van der Waals surface area contributed by atoms with E-state index < -0.39 is 0 Å². The maximum Gasteiger partial charge on any atom is 0.122 e. The number of nitrogens with one attached hydrogen (secondary N) is 1. The summed E-state index contributed by atoms with van der Waals surface area (Å²) in [5.74, 6) is 0.988. The zero-order valence-electron chi connectivity index (χ0n) is 13.0. The van der Waals surface area contributed by atoms with Crippen LogP contribution in [0.1, 0.15) is 23.6 Å². The van der Waals surface area contributed by atoms with Gasteiger partial charge in [-0.1, -0.05) is 13.0 Å². The van der Waals surface area contributed by atoms with Crippen LogP contribution < -0.4 is 10.1 Å². The third kappa shape index (κ3) is 4.84. The van der Waals surface area contributed by atoms with Crippen molar-refractivity contribution in [3.05, 3.63) is 28.8 Å². The summed E-state index contributed by atoms with van der Waals surface area (Å²) in [5, 5.41) is 3.35. The Morgan fingerprint density at radius 3 is 2.53 bits per heavy atom. The lowest BCUT2D eigenvalue weighted by molar-refractivity contribution is 0.336. The molecule has 1 N–H and O–H groups in total. The smallest absolute Gasteiger partial charge is 0.122 e. The highest BCUT2D eigenvalue weighted by atomic mass is 16.5. The average Bonchev–Trinajstić information content (AvgIpc) is 2.41. The molecule has 3 heteroatoms. The van der Waals surface area contributed by atoms with E-state index >= 15 is 0 Å². The second-order valence-corrected chi connectivity index (χ2v) is 5.08. The van der Waals surface area contributed by atoms with Gasteiger partial charge in [0.2, 0.25) is 0 Å². The number of ether oxygens (including phenoxy) is 1. The normalized spacial score (nSPS) is 11.1. The number of benzene rings is 1. The standard InChI is InChI=1S/C16H28N2O/c1-6-17-10-12-18(4)11-9-15-7-8-16(19-5)14(3)13(15)2/h7-8,17H,6,9-12H2,1-5H3. The molecule has 3 nitrogen and oxygen atoms in total. The van der Waals surface area contributed by atoms with E-state index in [9.17, 15) is 0 Å². The maximum atomic E-state index is 5.35. The molecule has 0 radical (unpaired) electrons. The summed E-state index contributed by atoms with van der Waals surface area (Å²) < 4.78 is 5.35. The molecule has 0 atom stereocenters. The van der Waals surface area contributed by atoms with E-state index in [1.165, 1.54) is 16.7 Å². The van der Waals surface area contributed by atoms with Crippen LogP contribution in [-0.2, 0) is 6.42 Å². The molecule has 0 aliphatic carbocycles. The van der Waals surface area contributed by atoms with Crippen LogP contribution in [0.5, 0.6) is 5.75 Å². The molecule has 0 aliphatic heterocycles. The first-order valence-electron chi connectivity index (χ1n) is 7.12. The Balaban J connectivity index is 2.51. The number of methoxy groups -OCH3 is 1. The van der Waals surface area contributed by atoms with Crippen molar-refractivity contribution in [1.29, 1.82) is 0 Å². The highest BCUT2D eigenvalue weighted by Gasteiger charge is 2.07. The highest BCUT2D eigenvalue weighted by molar-refractivity contribution is 5.43. The summed E-state index contributed by atoms with van der Waals surface area (Å²) >= 11 is 0. The van der Waals surface area contributed by atoms with Crippen molar-refractivity contribution in [3.63, 3.8) is 0 Å². The van der Waals surface area contributed by atoms with Gasteiger partial charge in [0.05, 0.1) is 7.11 Å². The molecule has 0 fully saturated rings. The molecule has 0 saturated carbocycles. The Morgan fingerprint density at radius 2 is 1.89 bits per heavy atom. The molecule has 108 valence electrons. The zero-order valence-corrected chi connectivity index (χ0v) is 13.0. The molecule has 1 rings (SSSR count). The van der Waals surface area contributed by atoms with E-state index in [4.69, 9.17) is 4.74 Å². The summed E-state index contributed by atoms with van der Waals surface area (Å²) in [5.41, 5.74) is 4.04. The first-order chi connectivity index (χ1) is 9.10. The van der Waals surface area contributed by atoms with Crippen molar-refractivity contribution in [2.45, 2.75) is 27.2 Å². The van der Waals surface area contributed by atoms with Crippen molar-refractivity contribution < 1.29 is 4.74 Å². The van der Waals surface area contributed by atoms with Crippen molar-refractivity contribution in [3.8, 4) is 5.75 Å². The fourth-order valence-electron chi connectivity index (χ4n) is 2.21. The summed E-state index contributed by atoms with van der Waals surface area (Å²) in [7, 11) is 3.92. The van der Waals surface area contributed by atoms with Crippen molar-refractivity contribution in [1.82, 2.24) is 10.2 Å². The van der Waals surface area contributed by atoms with Crippen LogP contribution in [0.2, 0.25) is 0 Å². The number of hydrogen-bond donors (Lipinski definition) is 1. The molecule has 1 aromatic carbocycles. The van der Waals surface area contributed by atoms with Gasteiger partial charge in [0.1, 0.15) is 5.75 Å². The minimum atomic E-state index is 0.988. The first-order valence-corrected chi connectivity index (χ1v) is 7.12. The minimum absolute atomic E-state index is 0.988. The average molecular weight is 264 g/mol. The van der Waals surface area contributed by atoms with Gasteiger partial charge < -0.3 is 15.0 Å². The van der Waals surface area contributed by atoms with E-state index in [1.807, 2.05) is 0 Å². The van der Waals surface area contributed by atoms with Gasteiger partial charge in [-0.3, -0.25) is 0 Å². The van der Waals surface area contributed by atoms with Crippen molar-refractivity contribution in [2.75, 3.05) is 40.3 Å². The fourth-order valence-corrected chi connectivity index (χ4v) is 2.21. The number of likely N-dealkylation sites (N-methyl/N-ethyl adjacent to an activating group) is 2. The number of hydrogen-bond acceptors (Lipinski definition) is 3. The zero-order chi connectivity index (χ0) is 14.3. The summed E-state index contributed by atoms with van der Waals surface area (Å²) in [6, 6.07) is 4.27. The van der Waals surface area contributed by atoms with Gasteiger partial charge in [-0.15, -0.1) is 0 Å². The Hall–Kier alpha value is -1.06. The topological polar surface area (TPSA) is 24.5 Å². The van der Waals surface area contributed by atoms with E-state index in [0.29, 0.717) is 0 Å². The van der Waals surface area contributed by atoms with Gasteiger partial charge in [-0.2, -0.15) is 0 Å². The lowest BCUT2D eigenvalue weighted by atomic mass is 10.00. The maximum absolute atomic E-state index is 5.35. The second kappa shape index (κ2) is 8.18. The molecule has 0 bridgehead atoms. The van der Waals surface area contributed by atoms with Crippen LogP contribution in [0.25, 0.3) is 0 Å². The van der Waals surface area contributed by atoms with E-state index in [2.05, 4.69) is 50.2 Å². The molecule has 0 saturated heterocycles. The highest BCUT2D eigenvalue weighted by Crippen LogP contribution is 2.24. The molecular weight excluding hydrogens is 236 g/mol. The molecule has 0 spiro atoms. The lowest BCUT2D eigenvalue weighted by Crippen LogP contribution is -2.30. The quantitative estimate of drug-likeness (QED) is 0.730. The van der Waals surface area contributed by atoms with Gasteiger partial charge in [0, 0.05) is 19.6 Å². The Kier molecular flexibility index (Phi) is 6.89. The van der Waals surface area contributed by atoms with Gasteiger partial charge >= 0.3 is 0 Å². The molecule has 0 aliphatic rings. The van der Waals surface area contributed by atoms with Crippen molar-refractivity contribution >= 4 is 0 Å². The predicted molar refractivity (Wildman–Crippen MR) is 82.2 cm³/mol. The molecule has 0 heterocycles. The van der Waals surface area contributed by atoms with Crippen molar-refractivity contribution in [2.24, 2.45) is 0 Å². The van der Waals surface area contributed by atoms with E-state index in [-0.39, 0.29) is 0 Å². The molecular formula is C16H28N2O. The van der Waals surface area contributed by atoms with Crippen LogP contribution in [0.4, 0.5) is 0 Å². The first kappa shape index (κ1) is 16.0. The summed E-state index contributed by atoms with van der Waals surface area (Å²) in [6.07, 6.45) is 1.10. The third-order valence-corrected chi connectivity index (χ3v) is 3.75. The van der Waals surface area contributed by atoms with Crippen LogP contribution in [0, 0.1) is 13.8 Å². The summed E-state index contributed by atoms with van der Waals surface area (Å²) in [4.78, 5) is 2.38. The lowest BCUT2D eigenvalue weighted by Gasteiger charge is -2.18. The minimum Gasteiger partial charge on any atom is -0.496 e. The SMILES string of the molecule is CCNCCN(C)CCc1ccc(OC)c(C)c1C. The van der Waals surface area contributed by atoms with Crippen LogP contribution in [0.3, 0.4) is 0 Å².